The summed E-state index contributed by atoms with van der Waals surface area (Å²) >= 11 is 0. The molecule has 3 aromatic rings. The maximum absolute atomic E-state index is 12.9. The maximum atomic E-state index is 12.9. The number of aliphatic hydroxyl groups is 1. The van der Waals surface area contributed by atoms with E-state index >= 15 is 0 Å². The summed E-state index contributed by atoms with van der Waals surface area (Å²) in [4.78, 5) is 41.4. The van der Waals surface area contributed by atoms with Crippen LogP contribution in [0.3, 0.4) is 0 Å². The Morgan fingerprint density at radius 3 is 2.31 bits per heavy atom. The van der Waals surface area contributed by atoms with Crippen LogP contribution in [0, 0.1) is 19.8 Å². The Balaban J connectivity index is 1.73. The number of hydrogen-bond donors (Lipinski definition) is 3. The molecule has 9 nitrogen and oxygen atoms in total. The van der Waals surface area contributed by atoms with E-state index in [0.29, 0.717) is 18.6 Å². The minimum atomic E-state index is -0.982. The van der Waals surface area contributed by atoms with Crippen LogP contribution < -0.4 is 21.1 Å². The van der Waals surface area contributed by atoms with Gasteiger partial charge in [0.25, 0.3) is 5.91 Å². The number of aliphatic hydroxyl groups excluding tert-OH is 1. The zero-order chi connectivity index (χ0) is 28.4. The van der Waals surface area contributed by atoms with Crippen LogP contribution in [-0.2, 0) is 11.2 Å². The lowest BCUT2D eigenvalue weighted by Gasteiger charge is -2.29. The molecule has 0 unspecified atom stereocenters. The molecule has 1 aromatic heterocycles. The maximum Gasteiger partial charge on any atom is 0.355 e. The second kappa shape index (κ2) is 14.2. The number of hydrogen-bond acceptors (Lipinski definition) is 6. The van der Waals surface area contributed by atoms with Gasteiger partial charge >= 0.3 is 11.7 Å². The Kier molecular flexibility index (Phi) is 10.8. The summed E-state index contributed by atoms with van der Waals surface area (Å²) in [5.74, 6) is 0.517. The Morgan fingerprint density at radius 2 is 1.67 bits per heavy atom. The van der Waals surface area contributed by atoms with Crippen LogP contribution in [0.5, 0.6) is 5.75 Å². The van der Waals surface area contributed by atoms with Crippen LogP contribution in [0.25, 0.3) is 0 Å². The highest BCUT2D eigenvalue weighted by Gasteiger charge is 2.27. The van der Waals surface area contributed by atoms with E-state index in [0.717, 1.165) is 21.3 Å². The smallest absolute Gasteiger partial charge is 0.355 e. The molecule has 0 fully saturated rings. The summed E-state index contributed by atoms with van der Waals surface area (Å²) in [5, 5.41) is 17.1. The number of nitrogens with one attached hydrogen (secondary N) is 2. The lowest BCUT2D eigenvalue weighted by Crippen LogP contribution is -2.50. The molecule has 39 heavy (non-hydrogen) atoms. The molecule has 2 aromatic carbocycles. The summed E-state index contributed by atoms with van der Waals surface area (Å²) in [6.45, 7) is 7.67. The van der Waals surface area contributed by atoms with Crippen molar-refractivity contribution in [2.75, 3.05) is 6.61 Å². The molecule has 3 N–H and O–H groups in total. The molecule has 3 rings (SSSR count). The Bertz CT molecular complexity index is 1270. The van der Waals surface area contributed by atoms with Crippen LogP contribution in [0.15, 0.2) is 71.8 Å². The number of benzene rings is 2. The van der Waals surface area contributed by atoms with Gasteiger partial charge in [0.15, 0.2) is 6.61 Å². The third kappa shape index (κ3) is 9.07. The van der Waals surface area contributed by atoms with E-state index in [1.54, 1.807) is 0 Å². The van der Waals surface area contributed by atoms with Crippen molar-refractivity contribution in [1.29, 1.82) is 0 Å². The van der Waals surface area contributed by atoms with E-state index in [4.69, 9.17) is 4.74 Å². The first kappa shape index (κ1) is 29.6. The molecule has 208 valence electrons. The van der Waals surface area contributed by atoms with Gasteiger partial charge in [-0.05, 0) is 61.8 Å². The van der Waals surface area contributed by atoms with E-state index in [2.05, 4.69) is 15.6 Å². The molecule has 3 atom stereocenters. The van der Waals surface area contributed by atoms with Gasteiger partial charge in [0.05, 0.1) is 12.1 Å². The zero-order valence-corrected chi connectivity index (χ0v) is 23.0. The SMILES string of the molecule is Cc1cccc(C)c1OCC(=O)N[C@@H](Cc1ccccc1)[C@@H](O)C[C@H](CC(C)C)NC(=O)n1cccnc1=O. The standard InChI is InChI=1S/C30H38N4O5/c1-20(2)16-24(32-30(38)34-15-9-14-31-29(34)37)18-26(35)25(17-23-12-6-5-7-13-23)33-27(36)19-39-28-21(3)10-8-11-22(28)4/h5-15,20,24-26,35H,16-19H2,1-4H3,(H,32,38)(H,33,36)/t24-,25-,26-/m0/s1. The largest absolute Gasteiger partial charge is 0.483 e. The van der Waals surface area contributed by atoms with Gasteiger partial charge in [-0.1, -0.05) is 62.4 Å². The predicted octanol–water partition coefficient (Wildman–Crippen LogP) is 3.39. The Hall–Kier alpha value is -3.98. The molecule has 0 spiro atoms. The van der Waals surface area contributed by atoms with Crippen LogP contribution in [0.1, 0.15) is 43.4 Å². The Labute approximate surface area is 229 Å². The van der Waals surface area contributed by atoms with E-state index in [-0.39, 0.29) is 24.9 Å². The summed E-state index contributed by atoms with van der Waals surface area (Å²) in [6, 6.07) is 15.2. The highest BCUT2D eigenvalue weighted by molar-refractivity contribution is 5.78. The normalized spacial score (nSPS) is 13.4. The van der Waals surface area contributed by atoms with Gasteiger partial charge in [-0.3, -0.25) is 4.79 Å². The van der Waals surface area contributed by atoms with E-state index < -0.39 is 29.9 Å². The van der Waals surface area contributed by atoms with Crippen molar-refractivity contribution in [3.05, 3.63) is 94.2 Å². The average molecular weight is 535 g/mol. The van der Waals surface area contributed by atoms with Crippen molar-refractivity contribution < 1.29 is 19.4 Å². The number of carbonyl (C=O) groups excluding carboxylic acids is 2. The van der Waals surface area contributed by atoms with Gasteiger partial charge in [-0.15, -0.1) is 0 Å². The Morgan fingerprint density at radius 1 is 0.974 bits per heavy atom. The molecule has 0 saturated carbocycles. The van der Waals surface area contributed by atoms with Gasteiger partial charge in [0.2, 0.25) is 0 Å². The second-order valence-corrected chi connectivity index (χ2v) is 10.2. The molecule has 0 aliphatic carbocycles. The highest BCUT2D eigenvalue weighted by atomic mass is 16.5. The summed E-state index contributed by atoms with van der Waals surface area (Å²) in [7, 11) is 0. The monoisotopic (exact) mass is 534 g/mol. The predicted molar refractivity (Wildman–Crippen MR) is 150 cm³/mol. The highest BCUT2D eigenvalue weighted by Crippen LogP contribution is 2.22. The quantitative estimate of drug-likeness (QED) is 0.327. The minimum Gasteiger partial charge on any atom is -0.483 e. The lowest BCUT2D eigenvalue weighted by molar-refractivity contribution is -0.124. The summed E-state index contributed by atoms with van der Waals surface area (Å²) in [5.41, 5.74) is 2.13. The van der Waals surface area contributed by atoms with E-state index in [9.17, 15) is 19.5 Å². The number of aromatic nitrogens is 2. The van der Waals surface area contributed by atoms with Crippen molar-refractivity contribution >= 4 is 11.9 Å². The fourth-order valence-electron chi connectivity index (χ4n) is 4.56. The fraction of sp³-hybridized carbons (Fsp3) is 0.400. The van der Waals surface area contributed by atoms with Crippen molar-refractivity contribution in [3.8, 4) is 5.75 Å². The van der Waals surface area contributed by atoms with Gasteiger partial charge < -0.3 is 20.5 Å². The average Bonchev–Trinajstić information content (AvgIpc) is 2.88. The second-order valence-electron chi connectivity index (χ2n) is 10.2. The molecule has 1 heterocycles. The number of aryl methyl sites for hydroxylation is 2. The molecule has 0 aliphatic rings. The molecular weight excluding hydrogens is 496 g/mol. The van der Waals surface area contributed by atoms with Crippen molar-refractivity contribution in [2.45, 2.75) is 65.1 Å². The molecule has 2 amide bonds. The summed E-state index contributed by atoms with van der Waals surface area (Å²) < 4.78 is 6.71. The first-order valence-corrected chi connectivity index (χ1v) is 13.2. The first-order valence-electron chi connectivity index (χ1n) is 13.2. The van der Waals surface area contributed by atoms with Crippen molar-refractivity contribution in [1.82, 2.24) is 20.2 Å². The van der Waals surface area contributed by atoms with Crippen molar-refractivity contribution in [3.63, 3.8) is 0 Å². The number of nitrogens with zero attached hydrogens (tertiary/aromatic N) is 2. The number of rotatable bonds is 12. The van der Waals surface area contributed by atoms with E-state index in [1.165, 1.54) is 18.5 Å². The van der Waals surface area contributed by atoms with Gasteiger partial charge in [-0.2, -0.15) is 0 Å². The fourth-order valence-corrected chi connectivity index (χ4v) is 4.56. The number of carbonyl (C=O) groups is 2. The van der Waals surface area contributed by atoms with Gasteiger partial charge in [-0.25, -0.2) is 19.1 Å². The van der Waals surface area contributed by atoms with E-state index in [1.807, 2.05) is 76.2 Å². The topological polar surface area (TPSA) is 123 Å². The summed E-state index contributed by atoms with van der Waals surface area (Å²) in [6.07, 6.45) is 2.82. The van der Waals surface area contributed by atoms with Crippen molar-refractivity contribution in [2.24, 2.45) is 5.92 Å². The third-order valence-corrected chi connectivity index (χ3v) is 6.41. The molecular formula is C30H38N4O5. The number of para-hydroxylation sites is 1. The molecule has 0 bridgehead atoms. The first-order chi connectivity index (χ1) is 18.6. The number of amides is 2. The number of ether oxygens (including phenoxy) is 1. The zero-order valence-electron chi connectivity index (χ0n) is 23.0. The third-order valence-electron chi connectivity index (χ3n) is 6.41. The molecule has 9 heteroatoms. The molecule has 0 radical (unpaired) electrons. The van der Waals surface area contributed by atoms with Crippen LogP contribution in [-0.4, -0.2) is 51.4 Å². The molecule has 0 aliphatic heterocycles. The lowest BCUT2D eigenvalue weighted by atomic mass is 9.92. The van der Waals surface area contributed by atoms with Crippen LogP contribution in [0.4, 0.5) is 4.79 Å². The minimum absolute atomic E-state index is 0.175. The van der Waals surface area contributed by atoms with Gasteiger partial charge in [0, 0.05) is 18.4 Å². The van der Waals surface area contributed by atoms with Gasteiger partial charge in [0.1, 0.15) is 5.75 Å². The van der Waals surface area contributed by atoms with Crippen LogP contribution in [0.2, 0.25) is 0 Å². The van der Waals surface area contributed by atoms with Crippen LogP contribution >= 0.6 is 0 Å². The molecule has 0 saturated heterocycles.